The largest absolute Gasteiger partial charge is 0.471 e. The van der Waals surface area contributed by atoms with Gasteiger partial charge in [-0.25, -0.2) is 9.97 Å². The third kappa shape index (κ3) is 3.73. The van der Waals surface area contributed by atoms with Crippen LogP contribution in [-0.2, 0) is 11.7 Å². The molecule has 0 amide bonds. The number of nitrogens with one attached hydrogen (secondary N) is 1. The molecule has 25 heavy (non-hydrogen) atoms. The smallest absolute Gasteiger partial charge is 0.344 e. The second-order valence-corrected chi connectivity index (χ2v) is 5.68. The predicted octanol–water partition coefficient (Wildman–Crippen LogP) is 3.29. The second kappa shape index (κ2) is 6.11. The Hall–Kier alpha value is -3.04. The maximum Gasteiger partial charge on any atom is 0.471 e. The van der Waals surface area contributed by atoms with Gasteiger partial charge in [-0.15, -0.1) is 0 Å². The first-order valence-corrected chi connectivity index (χ1v) is 7.19. The first-order valence-electron chi connectivity index (χ1n) is 7.19. The number of halogens is 3. The van der Waals surface area contributed by atoms with E-state index in [0.717, 1.165) is 5.69 Å². The highest BCUT2D eigenvalue weighted by atomic mass is 19.4. The Balaban J connectivity index is 1.78. The Morgan fingerprint density at radius 2 is 1.76 bits per heavy atom. The molecule has 3 aromatic rings. The summed E-state index contributed by atoms with van der Waals surface area (Å²) in [6.45, 7) is 3.81. The fourth-order valence-electron chi connectivity index (χ4n) is 2.04. The number of nitrogens with zero attached hydrogens (tertiary/aromatic N) is 5. The summed E-state index contributed by atoms with van der Waals surface area (Å²) < 4.78 is 41.6. The molecule has 0 bridgehead atoms. The van der Waals surface area contributed by atoms with Gasteiger partial charge in [0.05, 0.1) is 16.8 Å². The molecule has 130 valence electrons. The molecule has 0 aliphatic rings. The van der Waals surface area contributed by atoms with E-state index in [4.69, 9.17) is 0 Å². The summed E-state index contributed by atoms with van der Waals surface area (Å²) in [5.74, 6) is -1.36. The van der Waals surface area contributed by atoms with Gasteiger partial charge in [0.1, 0.15) is 0 Å². The first kappa shape index (κ1) is 16.8. The lowest BCUT2D eigenvalue weighted by Crippen LogP contribution is -2.30. The number of aromatic nitrogens is 5. The third-order valence-electron chi connectivity index (χ3n) is 3.31. The highest BCUT2D eigenvalue weighted by molar-refractivity contribution is 5.52. The van der Waals surface area contributed by atoms with Crippen LogP contribution in [0.15, 0.2) is 41.3 Å². The number of hydrogen-bond acceptors (Lipinski definition) is 7. The topological polar surface area (TPSA) is 89.6 Å². The summed E-state index contributed by atoms with van der Waals surface area (Å²) in [6.07, 6.45) is -0.388. The van der Waals surface area contributed by atoms with Crippen LogP contribution in [0.25, 0.3) is 11.4 Å². The summed E-state index contributed by atoms with van der Waals surface area (Å²) in [5.41, 5.74) is 0.453. The van der Waals surface area contributed by atoms with E-state index in [1.54, 1.807) is 6.20 Å². The van der Waals surface area contributed by atoms with Gasteiger partial charge in [0.2, 0.25) is 11.8 Å². The maximum atomic E-state index is 12.5. The molecular formula is C15H13F3N6O. The third-order valence-corrected chi connectivity index (χ3v) is 3.31. The molecule has 0 saturated carbocycles. The van der Waals surface area contributed by atoms with Gasteiger partial charge in [-0.05, 0) is 26.0 Å². The van der Waals surface area contributed by atoms with Gasteiger partial charge in [0.15, 0.2) is 0 Å². The predicted molar refractivity (Wildman–Crippen MR) is 81.2 cm³/mol. The highest BCUT2D eigenvalue weighted by Gasteiger charge is 2.38. The van der Waals surface area contributed by atoms with Gasteiger partial charge in [-0.2, -0.15) is 18.2 Å². The molecule has 10 heteroatoms. The quantitative estimate of drug-likeness (QED) is 0.772. The summed E-state index contributed by atoms with van der Waals surface area (Å²) in [5, 5.41) is 6.40. The summed E-state index contributed by atoms with van der Waals surface area (Å²) in [6, 6.07) is 5.54. The fraction of sp³-hybridized carbons (Fsp3) is 0.267. The van der Waals surface area contributed by atoms with Gasteiger partial charge in [0, 0.05) is 18.6 Å². The molecule has 3 aromatic heterocycles. The molecule has 0 aliphatic carbocycles. The number of hydrogen-bond donors (Lipinski definition) is 1. The van der Waals surface area contributed by atoms with Crippen molar-refractivity contribution in [2.45, 2.75) is 25.6 Å². The van der Waals surface area contributed by atoms with Crippen molar-refractivity contribution in [3.05, 3.63) is 48.4 Å². The van der Waals surface area contributed by atoms with Crippen molar-refractivity contribution in [3.63, 3.8) is 0 Å². The molecule has 7 nitrogen and oxygen atoms in total. The minimum atomic E-state index is -4.69. The molecule has 0 unspecified atom stereocenters. The lowest BCUT2D eigenvalue weighted by atomic mass is 10.0. The zero-order chi connectivity index (χ0) is 18.1. The highest BCUT2D eigenvalue weighted by Crippen LogP contribution is 2.29. The van der Waals surface area contributed by atoms with Crippen LogP contribution in [0.2, 0.25) is 0 Å². The van der Waals surface area contributed by atoms with Crippen molar-refractivity contribution in [1.82, 2.24) is 25.1 Å². The van der Waals surface area contributed by atoms with Crippen molar-refractivity contribution in [2.24, 2.45) is 0 Å². The number of rotatable bonds is 4. The van der Waals surface area contributed by atoms with Gasteiger partial charge < -0.3 is 9.84 Å². The van der Waals surface area contributed by atoms with Gasteiger partial charge in [-0.3, -0.25) is 4.98 Å². The van der Waals surface area contributed by atoms with E-state index in [0.29, 0.717) is 5.95 Å². The van der Waals surface area contributed by atoms with E-state index in [1.807, 2.05) is 32.0 Å². The zero-order valence-corrected chi connectivity index (χ0v) is 13.2. The number of anilines is 1. The molecule has 0 fully saturated rings. The van der Waals surface area contributed by atoms with Gasteiger partial charge in [-0.1, -0.05) is 11.2 Å². The number of alkyl halides is 3. The van der Waals surface area contributed by atoms with Crippen LogP contribution in [-0.4, -0.2) is 25.1 Å². The van der Waals surface area contributed by atoms with E-state index in [9.17, 15) is 13.2 Å². The summed E-state index contributed by atoms with van der Waals surface area (Å²) in [4.78, 5) is 15.7. The summed E-state index contributed by atoms with van der Waals surface area (Å²) in [7, 11) is 0. The van der Waals surface area contributed by atoms with E-state index >= 15 is 0 Å². The van der Waals surface area contributed by atoms with Crippen LogP contribution >= 0.6 is 0 Å². The maximum absolute atomic E-state index is 12.5. The molecule has 0 atom stereocenters. The Labute approximate surface area is 140 Å². The molecule has 0 radical (unpaired) electrons. The van der Waals surface area contributed by atoms with Crippen molar-refractivity contribution in [1.29, 1.82) is 0 Å². The standard InChI is InChI=1S/C15H13F3N6O/c1-14(2,10-5-3-4-6-19-10)23-13-20-7-9(8-21-13)11-22-12(25-24-11)15(16,17)18/h3-8H,1-2H3,(H,20,21,23). The SMILES string of the molecule is CC(C)(Nc1ncc(-c2noc(C(F)(F)F)n2)cn1)c1ccccn1. The molecule has 1 N–H and O–H groups in total. The Morgan fingerprint density at radius 3 is 2.32 bits per heavy atom. The normalized spacial score (nSPS) is 12.2. The van der Waals surface area contributed by atoms with Gasteiger partial charge in [0.25, 0.3) is 0 Å². The van der Waals surface area contributed by atoms with Crippen LogP contribution in [0.3, 0.4) is 0 Å². The molecule has 0 aromatic carbocycles. The molecule has 0 aliphatic heterocycles. The van der Waals surface area contributed by atoms with Crippen LogP contribution in [0.1, 0.15) is 25.4 Å². The lowest BCUT2D eigenvalue weighted by Gasteiger charge is -2.25. The minimum Gasteiger partial charge on any atom is -0.344 e. The van der Waals surface area contributed by atoms with Crippen LogP contribution in [0, 0.1) is 0 Å². The van der Waals surface area contributed by atoms with E-state index in [-0.39, 0.29) is 11.4 Å². The van der Waals surface area contributed by atoms with Crippen molar-refractivity contribution in [2.75, 3.05) is 5.32 Å². The molecule has 0 saturated heterocycles. The van der Waals surface area contributed by atoms with Crippen LogP contribution in [0.4, 0.5) is 19.1 Å². The van der Waals surface area contributed by atoms with E-state index < -0.39 is 17.6 Å². The second-order valence-electron chi connectivity index (χ2n) is 5.68. The van der Waals surface area contributed by atoms with Crippen LogP contribution in [0.5, 0.6) is 0 Å². The fourth-order valence-corrected chi connectivity index (χ4v) is 2.04. The first-order chi connectivity index (χ1) is 11.8. The summed E-state index contributed by atoms with van der Waals surface area (Å²) >= 11 is 0. The Bertz CT molecular complexity index is 846. The monoisotopic (exact) mass is 350 g/mol. The minimum absolute atomic E-state index is 0.209. The number of pyridine rings is 1. The Kier molecular flexibility index (Phi) is 4.11. The lowest BCUT2D eigenvalue weighted by molar-refractivity contribution is -0.159. The van der Waals surface area contributed by atoms with Crippen molar-refractivity contribution in [3.8, 4) is 11.4 Å². The molecule has 3 rings (SSSR count). The van der Waals surface area contributed by atoms with Gasteiger partial charge >= 0.3 is 12.1 Å². The molecular weight excluding hydrogens is 337 g/mol. The zero-order valence-electron chi connectivity index (χ0n) is 13.2. The van der Waals surface area contributed by atoms with Crippen molar-refractivity contribution >= 4 is 5.95 Å². The Morgan fingerprint density at radius 1 is 1.04 bits per heavy atom. The van der Waals surface area contributed by atoms with E-state index in [1.165, 1.54) is 12.4 Å². The van der Waals surface area contributed by atoms with Crippen LogP contribution < -0.4 is 5.32 Å². The average Bonchev–Trinajstić information content (AvgIpc) is 3.06. The molecule has 0 spiro atoms. The molecule has 3 heterocycles. The average molecular weight is 350 g/mol. The van der Waals surface area contributed by atoms with Crippen molar-refractivity contribution < 1.29 is 17.7 Å². The van der Waals surface area contributed by atoms with E-state index in [2.05, 4.69) is 34.9 Å².